The second-order valence-corrected chi connectivity index (χ2v) is 4.40. The molecule has 0 spiro atoms. The SMILES string of the molecule is CN(CC(=O)N1CCOCC1CO)c1ncccn1. The summed E-state index contributed by atoms with van der Waals surface area (Å²) in [6.07, 6.45) is 3.27. The summed E-state index contributed by atoms with van der Waals surface area (Å²) in [4.78, 5) is 23.7. The Kier molecular flexibility index (Phi) is 4.64. The molecule has 7 nitrogen and oxygen atoms in total. The van der Waals surface area contributed by atoms with Crippen molar-refractivity contribution in [3.63, 3.8) is 0 Å². The minimum absolute atomic E-state index is 0.0581. The van der Waals surface area contributed by atoms with Crippen molar-refractivity contribution in [2.45, 2.75) is 6.04 Å². The van der Waals surface area contributed by atoms with Gasteiger partial charge in [-0.2, -0.15) is 0 Å². The predicted octanol–water partition coefficient (Wildman–Crippen LogP) is -0.867. The van der Waals surface area contributed by atoms with Gasteiger partial charge in [0.1, 0.15) is 0 Å². The first-order valence-electron chi connectivity index (χ1n) is 6.18. The van der Waals surface area contributed by atoms with Crippen molar-refractivity contribution in [3.8, 4) is 0 Å². The van der Waals surface area contributed by atoms with Gasteiger partial charge >= 0.3 is 0 Å². The van der Waals surface area contributed by atoms with Crippen molar-refractivity contribution in [2.75, 3.05) is 44.9 Å². The first-order valence-corrected chi connectivity index (χ1v) is 6.18. The number of rotatable bonds is 4. The summed E-state index contributed by atoms with van der Waals surface area (Å²) in [5.41, 5.74) is 0. The number of ether oxygens (including phenoxy) is 1. The van der Waals surface area contributed by atoms with E-state index in [2.05, 4.69) is 9.97 Å². The predicted molar refractivity (Wildman–Crippen MR) is 68.7 cm³/mol. The monoisotopic (exact) mass is 266 g/mol. The molecule has 1 unspecified atom stereocenters. The van der Waals surface area contributed by atoms with Crippen LogP contribution in [0.2, 0.25) is 0 Å². The number of anilines is 1. The van der Waals surface area contributed by atoms with Crippen LogP contribution in [0.5, 0.6) is 0 Å². The molecule has 0 radical (unpaired) electrons. The highest BCUT2D eigenvalue weighted by Crippen LogP contribution is 2.09. The number of morpholine rings is 1. The number of likely N-dealkylation sites (N-methyl/N-ethyl adjacent to an activating group) is 1. The minimum atomic E-state index is -0.258. The third kappa shape index (κ3) is 3.39. The van der Waals surface area contributed by atoms with Crippen molar-refractivity contribution >= 4 is 11.9 Å². The van der Waals surface area contributed by atoms with Gasteiger partial charge in [0.2, 0.25) is 11.9 Å². The van der Waals surface area contributed by atoms with E-state index in [4.69, 9.17) is 4.74 Å². The number of aromatic nitrogens is 2. The van der Waals surface area contributed by atoms with Crippen LogP contribution in [0.4, 0.5) is 5.95 Å². The Morgan fingerprint density at radius 2 is 2.32 bits per heavy atom. The number of carbonyl (C=O) groups is 1. The lowest BCUT2D eigenvalue weighted by Gasteiger charge is -2.35. The average Bonchev–Trinajstić information content (AvgIpc) is 2.48. The Balaban J connectivity index is 1.96. The molecule has 1 atom stereocenters. The molecule has 1 N–H and O–H groups in total. The number of aliphatic hydroxyl groups is 1. The topological polar surface area (TPSA) is 78.8 Å². The second-order valence-electron chi connectivity index (χ2n) is 4.40. The highest BCUT2D eigenvalue weighted by molar-refractivity contribution is 5.81. The van der Waals surface area contributed by atoms with E-state index in [0.717, 1.165) is 0 Å². The number of hydrogen-bond donors (Lipinski definition) is 1. The van der Waals surface area contributed by atoms with Gasteiger partial charge in [0.15, 0.2) is 0 Å². The number of amides is 1. The molecule has 1 amide bonds. The molecule has 1 saturated heterocycles. The molecule has 1 aliphatic heterocycles. The fourth-order valence-corrected chi connectivity index (χ4v) is 1.99. The lowest BCUT2D eigenvalue weighted by Crippen LogP contribution is -2.53. The molecule has 0 bridgehead atoms. The zero-order valence-corrected chi connectivity index (χ0v) is 10.9. The molecular weight excluding hydrogens is 248 g/mol. The first kappa shape index (κ1) is 13.7. The Labute approximate surface area is 111 Å². The molecule has 0 aliphatic carbocycles. The van der Waals surface area contributed by atoms with Crippen LogP contribution in [0, 0.1) is 0 Å². The van der Waals surface area contributed by atoms with Gasteiger partial charge in [-0.25, -0.2) is 9.97 Å². The molecule has 7 heteroatoms. The van der Waals surface area contributed by atoms with E-state index < -0.39 is 0 Å². The first-order chi connectivity index (χ1) is 9.22. The van der Waals surface area contributed by atoms with Crippen molar-refractivity contribution in [2.24, 2.45) is 0 Å². The standard InChI is InChI=1S/C12H18N4O3/c1-15(12-13-3-2-4-14-12)7-11(18)16-5-6-19-9-10(16)8-17/h2-4,10,17H,5-9H2,1H3. The summed E-state index contributed by atoms with van der Waals surface area (Å²) in [6.45, 7) is 1.49. The lowest BCUT2D eigenvalue weighted by atomic mass is 10.2. The zero-order valence-electron chi connectivity index (χ0n) is 10.9. The lowest BCUT2D eigenvalue weighted by molar-refractivity contribution is -0.140. The van der Waals surface area contributed by atoms with Crippen LogP contribution < -0.4 is 4.90 Å². The molecule has 104 valence electrons. The van der Waals surface area contributed by atoms with Crippen molar-refractivity contribution in [1.29, 1.82) is 0 Å². The summed E-state index contributed by atoms with van der Waals surface area (Å²) < 4.78 is 5.25. The molecule has 2 rings (SSSR count). The van der Waals surface area contributed by atoms with Gasteiger partial charge in [-0.05, 0) is 6.07 Å². The summed E-state index contributed by atoms with van der Waals surface area (Å²) in [6, 6.07) is 1.47. The largest absolute Gasteiger partial charge is 0.394 e. The Bertz CT molecular complexity index is 415. The molecule has 1 fully saturated rings. The van der Waals surface area contributed by atoms with Gasteiger partial charge < -0.3 is 19.6 Å². The Morgan fingerprint density at radius 1 is 1.58 bits per heavy atom. The van der Waals surface area contributed by atoms with Gasteiger partial charge in [0.25, 0.3) is 0 Å². The maximum absolute atomic E-state index is 12.2. The minimum Gasteiger partial charge on any atom is -0.394 e. The van der Waals surface area contributed by atoms with Gasteiger partial charge in [-0.15, -0.1) is 0 Å². The average molecular weight is 266 g/mol. The third-order valence-corrected chi connectivity index (χ3v) is 3.02. The van der Waals surface area contributed by atoms with Crippen LogP contribution in [-0.2, 0) is 9.53 Å². The smallest absolute Gasteiger partial charge is 0.242 e. The number of aliphatic hydroxyl groups excluding tert-OH is 1. The van der Waals surface area contributed by atoms with E-state index in [-0.39, 0.29) is 25.1 Å². The van der Waals surface area contributed by atoms with E-state index in [1.54, 1.807) is 35.3 Å². The molecule has 1 aliphatic rings. The van der Waals surface area contributed by atoms with Crippen LogP contribution in [0.15, 0.2) is 18.5 Å². The molecule has 0 aromatic carbocycles. The normalized spacial score (nSPS) is 19.3. The zero-order chi connectivity index (χ0) is 13.7. The molecule has 1 aromatic heterocycles. The maximum Gasteiger partial charge on any atom is 0.242 e. The van der Waals surface area contributed by atoms with Crippen molar-refractivity contribution in [1.82, 2.24) is 14.9 Å². The highest BCUT2D eigenvalue weighted by atomic mass is 16.5. The Hall–Kier alpha value is -1.73. The van der Waals surface area contributed by atoms with Crippen LogP contribution in [0.25, 0.3) is 0 Å². The van der Waals surface area contributed by atoms with Gasteiger partial charge in [-0.1, -0.05) is 0 Å². The van der Waals surface area contributed by atoms with Gasteiger partial charge in [0, 0.05) is 26.0 Å². The molecule has 2 heterocycles. The number of nitrogens with zero attached hydrogens (tertiary/aromatic N) is 4. The Morgan fingerprint density at radius 3 is 3.00 bits per heavy atom. The summed E-state index contributed by atoms with van der Waals surface area (Å²) in [5.74, 6) is 0.446. The van der Waals surface area contributed by atoms with Gasteiger partial charge in [-0.3, -0.25) is 4.79 Å². The molecular formula is C12H18N4O3. The number of carbonyl (C=O) groups excluding carboxylic acids is 1. The van der Waals surface area contributed by atoms with Crippen molar-refractivity contribution in [3.05, 3.63) is 18.5 Å². The van der Waals surface area contributed by atoms with E-state index in [1.165, 1.54) is 0 Å². The van der Waals surface area contributed by atoms with E-state index >= 15 is 0 Å². The summed E-state index contributed by atoms with van der Waals surface area (Å²) in [7, 11) is 1.77. The van der Waals surface area contributed by atoms with Crippen LogP contribution in [0.3, 0.4) is 0 Å². The van der Waals surface area contributed by atoms with Gasteiger partial charge in [0.05, 0.1) is 32.4 Å². The van der Waals surface area contributed by atoms with Crippen LogP contribution >= 0.6 is 0 Å². The van der Waals surface area contributed by atoms with E-state index in [9.17, 15) is 9.90 Å². The van der Waals surface area contributed by atoms with Crippen molar-refractivity contribution < 1.29 is 14.6 Å². The fraction of sp³-hybridized carbons (Fsp3) is 0.583. The van der Waals surface area contributed by atoms with E-state index in [0.29, 0.717) is 25.7 Å². The summed E-state index contributed by atoms with van der Waals surface area (Å²) >= 11 is 0. The highest BCUT2D eigenvalue weighted by Gasteiger charge is 2.27. The molecule has 0 saturated carbocycles. The van der Waals surface area contributed by atoms with Crippen LogP contribution in [-0.4, -0.2) is 71.9 Å². The molecule has 1 aromatic rings. The summed E-state index contributed by atoms with van der Waals surface area (Å²) in [5, 5.41) is 9.25. The quantitative estimate of drug-likeness (QED) is 0.763. The third-order valence-electron chi connectivity index (χ3n) is 3.02. The maximum atomic E-state index is 12.2. The van der Waals surface area contributed by atoms with E-state index in [1.807, 2.05) is 0 Å². The molecule has 19 heavy (non-hydrogen) atoms. The second kappa shape index (κ2) is 6.44. The number of hydrogen-bond acceptors (Lipinski definition) is 6. The van der Waals surface area contributed by atoms with Crippen LogP contribution in [0.1, 0.15) is 0 Å². The fourth-order valence-electron chi connectivity index (χ4n) is 1.99.